The summed E-state index contributed by atoms with van der Waals surface area (Å²) in [5.41, 5.74) is 2.78. The summed E-state index contributed by atoms with van der Waals surface area (Å²) in [7, 11) is 0. The molecule has 0 saturated heterocycles. The molecule has 0 aliphatic heterocycles. The highest BCUT2D eigenvalue weighted by atomic mass is 32.2. The normalized spacial score (nSPS) is 41.4. The van der Waals surface area contributed by atoms with E-state index in [4.69, 9.17) is 0 Å². The van der Waals surface area contributed by atoms with Crippen LogP contribution < -0.4 is 0 Å². The number of ketones is 2. The van der Waals surface area contributed by atoms with Crippen molar-refractivity contribution in [1.29, 1.82) is 0 Å². The first-order valence-electron chi connectivity index (χ1n) is 11.4. The van der Waals surface area contributed by atoms with Crippen molar-refractivity contribution in [3.8, 4) is 0 Å². The van der Waals surface area contributed by atoms with Gasteiger partial charge in [0.05, 0.1) is 0 Å². The fraction of sp³-hybridized carbons (Fsp3) is 0.615. The average Bonchev–Trinajstić information content (AvgIpc) is 3.02. The van der Waals surface area contributed by atoms with Gasteiger partial charge in [-0.15, -0.1) is 0 Å². The van der Waals surface area contributed by atoms with Crippen LogP contribution in [-0.4, -0.2) is 16.8 Å². The molecule has 1 aromatic carbocycles. The topological polar surface area (TPSA) is 34.1 Å². The molecule has 2 nitrogen and oxygen atoms in total. The summed E-state index contributed by atoms with van der Waals surface area (Å²) >= 11 is 1.99. The minimum atomic E-state index is -0.0735. The van der Waals surface area contributed by atoms with Crippen LogP contribution in [0.1, 0.15) is 64.4 Å². The molecule has 0 bridgehead atoms. The quantitative estimate of drug-likeness (QED) is 0.615. The van der Waals surface area contributed by atoms with Gasteiger partial charge in [-0.1, -0.05) is 49.8 Å². The van der Waals surface area contributed by atoms with Crippen LogP contribution in [0, 0.1) is 28.6 Å². The second kappa shape index (κ2) is 7.11. The Kier molecular flexibility index (Phi) is 4.81. The molecule has 3 fully saturated rings. The van der Waals surface area contributed by atoms with Crippen molar-refractivity contribution in [3.63, 3.8) is 0 Å². The standard InChI is InChI=1S/C26H32O2S/c1-25-13-12-22-20(21(25)10-11-23(25)28)9-8-18-14-19(27)15-24(26(18,22)2)29-16-17-6-4-3-5-7-17/h3-7,14,20-22,24H,8-13,15-16H2,1-2H3/t20-,21-,22-,24-,25-,26-/m0/s1. The summed E-state index contributed by atoms with van der Waals surface area (Å²) < 4.78 is 0. The first kappa shape index (κ1) is 19.6. The monoisotopic (exact) mass is 408 g/mol. The largest absolute Gasteiger partial charge is 0.299 e. The number of benzene rings is 1. The molecule has 5 rings (SSSR count). The van der Waals surface area contributed by atoms with E-state index in [1.165, 1.54) is 17.6 Å². The molecule has 29 heavy (non-hydrogen) atoms. The van der Waals surface area contributed by atoms with Crippen LogP contribution in [0.4, 0.5) is 0 Å². The molecule has 0 radical (unpaired) electrons. The fourth-order valence-electron chi connectivity index (χ4n) is 7.36. The van der Waals surface area contributed by atoms with Crippen LogP contribution in [0.2, 0.25) is 0 Å². The van der Waals surface area contributed by atoms with Gasteiger partial charge in [0.2, 0.25) is 0 Å². The molecule has 0 unspecified atom stereocenters. The molecule has 3 saturated carbocycles. The van der Waals surface area contributed by atoms with Gasteiger partial charge in [0, 0.05) is 34.7 Å². The molecule has 3 heteroatoms. The van der Waals surface area contributed by atoms with Crippen LogP contribution in [0.15, 0.2) is 42.0 Å². The number of rotatable bonds is 3. The first-order chi connectivity index (χ1) is 13.9. The van der Waals surface area contributed by atoms with Gasteiger partial charge in [-0.2, -0.15) is 11.8 Å². The maximum atomic E-state index is 12.7. The predicted molar refractivity (Wildman–Crippen MR) is 119 cm³/mol. The smallest absolute Gasteiger partial charge is 0.156 e. The number of fused-ring (bicyclic) bond motifs is 5. The van der Waals surface area contributed by atoms with Gasteiger partial charge in [0.25, 0.3) is 0 Å². The summed E-state index contributed by atoms with van der Waals surface area (Å²) in [5, 5.41) is 0.351. The van der Waals surface area contributed by atoms with Crippen molar-refractivity contribution < 1.29 is 9.59 Å². The molecule has 0 spiro atoms. The summed E-state index contributed by atoms with van der Waals surface area (Å²) in [6.45, 7) is 4.72. The summed E-state index contributed by atoms with van der Waals surface area (Å²) in [5.74, 6) is 3.63. The zero-order valence-corrected chi connectivity index (χ0v) is 18.5. The molecule has 1 aromatic rings. The van der Waals surface area contributed by atoms with Crippen molar-refractivity contribution in [3.05, 3.63) is 47.5 Å². The van der Waals surface area contributed by atoms with Gasteiger partial charge in [-0.3, -0.25) is 9.59 Å². The predicted octanol–water partition coefficient (Wildman–Crippen LogP) is 6.00. The number of hydrogen-bond donors (Lipinski definition) is 0. The number of hydrogen-bond acceptors (Lipinski definition) is 3. The Morgan fingerprint density at radius 3 is 2.59 bits per heavy atom. The Bertz CT molecular complexity index is 859. The van der Waals surface area contributed by atoms with Crippen molar-refractivity contribution >= 4 is 23.3 Å². The van der Waals surface area contributed by atoms with Crippen molar-refractivity contribution in [2.24, 2.45) is 28.6 Å². The van der Waals surface area contributed by atoms with Crippen molar-refractivity contribution in [2.75, 3.05) is 0 Å². The van der Waals surface area contributed by atoms with E-state index in [9.17, 15) is 9.59 Å². The van der Waals surface area contributed by atoms with Gasteiger partial charge < -0.3 is 0 Å². The SMILES string of the molecule is C[C@@]12C(=CC(=O)C[C@@H]1SCc1ccccc1)CC[C@@H]1[C@@H]2CC[C@]2(C)C(=O)CC[C@@H]12. The van der Waals surface area contributed by atoms with E-state index in [0.29, 0.717) is 41.0 Å². The fourth-order valence-corrected chi connectivity index (χ4v) is 8.90. The van der Waals surface area contributed by atoms with Gasteiger partial charge >= 0.3 is 0 Å². The molecule has 4 aliphatic rings. The molecule has 0 amide bonds. The van der Waals surface area contributed by atoms with Crippen LogP contribution in [0.25, 0.3) is 0 Å². The summed E-state index contributed by atoms with van der Waals surface area (Å²) in [6.07, 6.45) is 8.96. The molecule has 4 aliphatic carbocycles. The highest BCUT2D eigenvalue weighted by Crippen LogP contribution is 2.65. The molecular formula is C26H32O2S. The lowest BCUT2D eigenvalue weighted by molar-refractivity contribution is -0.132. The molecule has 6 atom stereocenters. The molecular weight excluding hydrogens is 376 g/mol. The van der Waals surface area contributed by atoms with E-state index in [1.54, 1.807) is 0 Å². The molecule has 0 N–H and O–H groups in total. The second-order valence-electron chi connectivity index (χ2n) is 10.2. The Morgan fingerprint density at radius 1 is 1.00 bits per heavy atom. The Balaban J connectivity index is 1.45. The maximum Gasteiger partial charge on any atom is 0.156 e. The Morgan fingerprint density at radius 2 is 1.79 bits per heavy atom. The molecule has 154 valence electrons. The number of carbonyl (C=O) groups is 2. The maximum absolute atomic E-state index is 12.7. The highest BCUT2D eigenvalue weighted by molar-refractivity contribution is 7.99. The Labute approximate surface area is 178 Å². The number of Topliss-reactive ketones (excluding diaryl/α,β-unsaturated/α-hetero) is 1. The van der Waals surface area contributed by atoms with E-state index < -0.39 is 0 Å². The van der Waals surface area contributed by atoms with Gasteiger partial charge in [-0.05, 0) is 61.5 Å². The third kappa shape index (κ3) is 2.99. The van der Waals surface area contributed by atoms with Crippen LogP contribution >= 0.6 is 11.8 Å². The number of allylic oxidation sites excluding steroid dienone is 1. The molecule has 0 aromatic heterocycles. The van der Waals surface area contributed by atoms with E-state index >= 15 is 0 Å². The number of carbonyl (C=O) groups excluding carboxylic acids is 2. The zero-order valence-electron chi connectivity index (χ0n) is 17.7. The van der Waals surface area contributed by atoms with Gasteiger partial charge in [0.15, 0.2) is 5.78 Å². The van der Waals surface area contributed by atoms with Crippen LogP contribution in [0.3, 0.4) is 0 Å². The third-order valence-corrected chi connectivity index (χ3v) is 10.6. The van der Waals surface area contributed by atoms with E-state index in [-0.39, 0.29) is 10.8 Å². The molecule has 0 heterocycles. The van der Waals surface area contributed by atoms with Crippen LogP contribution in [0.5, 0.6) is 0 Å². The second-order valence-corrected chi connectivity index (χ2v) is 11.4. The minimum absolute atomic E-state index is 0.0735. The Hall–Kier alpha value is -1.35. The highest BCUT2D eigenvalue weighted by Gasteiger charge is 2.60. The van der Waals surface area contributed by atoms with Gasteiger partial charge in [0.1, 0.15) is 5.78 Å². The lowest BCUT2D eigenvalue weighted by Gasteiger charge is -2.59. The lowest BCUT2D eigenvalue weighted by Crippen LogP contribution is -2.54. The van der Waals surface area contributed by atoms with E-state index in [2.05, 4.69) is 44.2 Å². The average molecular weight is 409 g/mol. The van der Waals surface area contributed by atoms with Crippen molar-refractivity contribution in [1.82, 2.24) is 0 Å². The van der Waals surface area contributed by atoms with Crippen LogP contribution in [-0.2, 0) is 15.3 Å². The van der Waals surface area contributed by atoms with E-state index in [1.807, 2.05) is 17.8 Å². The zero-order chi connectivity index (χ0) is 20.2. The summed E-state index contributed by atoms with van der Waals surface area (Å²) in [4.78, 5) is 25.3. The number of thioether (sulfide) groups is 1. The first-order valence-corrected chi connectivity index (χ1v) is 12.4. The van der Waals surface area contributed by atoms with E-state index in [0.717, 1.165) is 37.9 Å². The lowest BCUT2D eigenvalue weighted by atomic mass is 9.47. The van der Waals surface area contributed by atoms with Gasteiger partial charge in [-0.25, -0.2) is 0 Å². The summed E-state index contributed by atoms with van der Waals surface area (Å²) in [6, 6.07) is 10.6. The third-order valence-electron chi connectivity index (χ3n) is 9.04. The minimum Gasteiger partial charge on any atom is -0.299 e. The van der Waals surface area contributed by atoms with Crippen molar-refractivity contribution in [2.45, 2.75) is 69.8 Å².